The van der Waals surface area contributed by atoms with Crippen molar-refractivity contribution in [2.45, 2.75) is 26.0 Å². The zero-order valence-electron chi connectivity index (χ0n) is 13.8. The van der Waals surface area contributed by atoms with Crippen LogP contribution in [0.4, 0.5) is 0 Å². The maximum atomic E-state index is 12.6. The van der Waals surface area contributed by atoms with Crippen LogP contribution >= 0.6 is 11.6 Å². The molecular weight excluding hydrogens is 326 g/mol. The number of benzene rings is 2. The minimum Gasteiger partial charge on any atom is -0.494 e. The Morgan fingerprint density at radius 3 is 2.75 bits per heavy atom. The minimum atomic E-state index is -0.480. The summed E-state index contributed by atoms with van der Waals surface area (Å²) in [5.41, 5.74) is 2.03. The molecule has 0 radical (unpaired) electrons. The summed E-state index contributed by atoms with van der Waals surface area (Å²) in [6, 6.07) is 13.2. The van der Waals surface area contributed by atoms with Crippen LogP contribution in [0.5, 0.6) is 11.5 Å². The number of fused-ring (bicyclic) bond motifs is 1. The van der Waals surface area contributed by atoms with Crippen molar-refractivity contribution in [3.63, 3.8) is 0 Å². The van der Waals surface area contributed by atoms with Gasteiger partial charge in [-0.2, -0.15) is 0 Å². The van der Waals surface area contributed by atoms with Crippen LogP contribution in [0.3, 0.4) is 0 Å². The van der Waals surface area contributed by atoms with Gasteiger partial charge in [0.2, 0.25) is 0 Å². The van der Waals surface area contributed by atoms with Gasteiger partial charge >= 0.3 is 0 Å². The molecule has 0 aliphatic carbocycles. The van der Waals surface area contributed by atoms with E-state index in [9.17, 15) is 4.79 Å². The Hall–Kier alpha value is -2.20. The van der Waals surface area contributed by atoms with Crippen molar-refractivity contribution in [1.29, 1.82) is 0 Å². The fraction of sp³-hybridized carbons (Fsp3) is 0.316. The summed E-state index contributed by atoms with van der Waals surface area (Å²) in [6.07, 6.45) is 0.0775. The molecule has 1 amide bonds. The highest BCUT2D eigenvalue weighted by Crippen LogP contribution is 2.31. The molecule has 1 atom stereocenters. The first kappa shape index (κ1) is 16.7. The van der Waals surface area contributed by atoms with Gasteiger partial charge in [-0.15, -0.1) is 0 Å². The Morgan fingerprint density at radius 2 is 2.04 bits per heavy atom. The summed E-state index contributed by atoms with van der Waals surface area (Å²) in [5, 5.41) is 0.660. The topological polar surface area (TPSA) is 38.8 Å². The van der Waals surface area contributed by atoms with E-state index >= 15 is 0 Å². The van der Waals surface area contributed by atoms with Gasteiger partial charge in [0, 0.05) is 25.0 Å². The molecule has 0 saturated heterocycles. The van der Waals surface area contributed by atoms with E-state index < -0.39 is 6.10 Å². The number of carbonyl (C=O) groups excluding carboxylic acids is 1. The third kappa shape index (κ3) is 3.65. The normalized spacial score (nSPS) is 15.5. The second-order valence-electron chi connectivity index (χ2n) is 5.83. The Bertz CT molecular complexity index is 730. The van der Waals surface area contributed by atoms with Crippen LogP contribution in [0.25, 0.3) is 0 Å². The van der Waals surface area contributed by atoms with E-state index in [0.717, 1.165) is 22.6 Å². The highest BCUT2D eigenvalue weighted by atomic mass is 35.5. The second-order valence-corrected chi connectivity index (χ2v) is 6.27. The standard InChI is InChI=1S/C19H20ClNO3/c1-3-23-16-7-4-13(5-8-16)12-21(2)19(22)18-11-14-10-15(20)6-9-17(14)24-18/h4-10,18H,3,11-12H2,1-2H3. The molecule has 1 unspecified atom stereocenters. The van der Waals surface area contributed by atoms with Crippen LogP contribution < -0.4 is 9.47 Å². The third-order valence-corrected chi connectivity index (χ3v) is 4.24. The lowest BCUT2D eigenvalue weighted by Crippen LogP contribution is -2.38. The number of nitrogens with zero attached hydrogens (tertiary/aromatic N) is 1. The molecule has 0 spiro atoms. The number of amides is 1. The largest absolute Gasteiger partial charge is 0.494 e. The molecule has 0 saturated carbocycles. The van der Waals surface area contributed by atoms with Gasteiger partial charge in [0.05, 0.1) is 6.61 Å². The SMILES string of the molecule is CCOc1ccc(CN(C)C(=O)C2Cc3cc(Cl)ccc3O2)cc1. The molecule has 3 rings (SSSR count). The van der Waals surface area contributed by atoms with Crippen molar-refractivity contribution in [3.05, 3.63) is 58.6 Å². The van der Waals surface area contributed by atoms with E-state index in [-0.39, 0.29) is 5.91 Å². The van der Waals surface area contributed by atoms with Crippen molar-refractivity contribution >= 4 is 17.5 Å². The van der Waals surface area contributed by atoms with Crippen LogP contribution in [0.15, 0.2) is 42.5 Å². The van der Waals surface area contributed by atoms with E-state index in [1.54, 1.807) is 18.0 Å². The summed E-state index contributed by atoms with van der Waals surface area (Å²) in [4.78, 5) is 14.3. The first-order chi connectivity index (χ1) is 11.6. The Morgan fingerprint density at radius 1 is 1.29 bits per heavy atom. The Kier molecular flexibility index (Phi) is 4.95. The van der Waals surface area contributed by atoms with E-state index in [1.807, 2.05) is 43.3 Å². The van der Waals surface area contributed by atoms with Crippen molar-refractivity contribution in [1.82, 2.24) is 4.90 Å². The Labute approximate surface area is 146 Å². The predicted molar refractivity (Wildman–Crippen MR) is 93.7 cm³/mol. The fourth-order valence-electron chi connectivity index (χ4n) is 2.81. The van der Waals surface area contributed by atoms with Crippen molar-refractivity contribution in [3.8, 4) is 11.5 Å². The summed E-state index contributed by atoms with van der Waals surface area (Å²) >= 11 is 5.99. The third-order valence-electron chi connectivity index (χ3n) is 4.00. The van der Waals surface area contributed by atoms with E-state index in [0.29, 0.717) is 24.6 Å². The first-order valence-corrected chi connectivity index (χ1v) is 8.36. The van der Waals surface area contributed by atoms with Crippen LogP contribution in [0.1, 0.15) is 18.1 Å². The molecule has 0 fully saturated rings. The van der Waals surface area contributed by atoms with Gasteiger partial charge < -0.3 is 14.4 Å². The monoisotopic (exact) mass is 345 g/mol. The maximum Gasteiger partial charge on any atom is 0.264 e. The lowest BCUT2D eigenvalue weighted by Gasteiger charge is -2.21. The molecule has 0 aromatic heterocycles. The summed E-state index contributed by atoms with van der Waals surface area (Å²) in [6.45, 7) is 3.12. The highest BCUT2D eigenvalue weighted by Gasteiger charge is 2.31. The van der Waals surface area contributed by atoms with Gasteiger partial charge in [0.25, 0.3) is 5.91 Å². The molecule has 2 aromatic rings. The molecule has 0 N–H and O–H groups in total. The zero-order chi connectivity index (χ0) is 17.1. The van der Waals surface area contributed by atoms with Crippen molar-refractivity contribution < 1.29 is 14.3 Å². The predicted octanol–water partition coefficient (Wildman–Crippen LogP) is 3.70. The van der Waals surface area contributed by atoms with Crippen LogP contribution in [-0.4, -0.2) is 30.6 Å². The number of halogens is 1. The molecule has 1 aliphatic rings. The lowest BCUT2D eigenvalue weighted by molar-refractivity contribution is -0.137. The van der Waals surface area contributed by atoms with Crippen molar-refractivity contribution in [2.75, 3.05) is 13.7 Å². The summed E-state index contributed by atoms with van der Waals surface area (Å²) in [5.74, 6) is 1.55. The minimum absolute atomic E-state index is 0.0313. The fourth-order valence-corrected chi connectivity index (χ4v) is 3.00. The summed E-state index contributed by atoms with van der Waals surface area (Å²) in [7, 11) is 1.79. The smallest absolute Gasteiger partial charge is 0.264 e. The molecule has 24 heavy (non-hydrogen) atoms. The van der Waals surface area contributed by atoms with Gasteiger partial charge in [-0.3, -0.25) is 4.79 Å². The number of ether oxygens (including phenoxy) is 2. The van der Waals surface area contributed by atoms with E-state index in [4.69, 9.17) is 21.1 Å². The molecule has 2 aromatic carbocycles. The first-order valence-electron chi connectivity index (χ1n) is 7.98. The average Bonchev–Trinajstić information content (AvgIpc) is 2.99. The lowest BCUT2D eigenvalue weighted by atomic mass is 10.1. The molecule has 0 bridgehead atoms. The van der Waals surface area contributed by atoms with Crippen LogP contribution in [-0.2, 0) is 17.8 Å². The molecular formula is C19H20ClNO3. The van der Waals surface area contributed by atoms with Crippen LogP contribution in [0, 0.1) is 0 Å². The van der Waals surface area contributed by atoms with Gasteiger partial charge in [0.15, 0.2) is 6.10 Å². The zero-order valence-corrected chi connectivity index (χ0v) is 14.5. The van der Waals surface area contributed by atoms with Crippen molar-refractivity contribution in [2.24, 2.45) is 0 Å². The quantitative estimate of drug-likeness (QED) is 0.829. The summed E-state index contributed by atoms with van der Waals surface area (Å²) < 4.78 is 11.2. The number of carbonyl (C=O) groups is 1. The molecule has 5 heteroatoms. The number of rotatable bonds is 5. The van der Waals surface area contributed by atoms with Gasteiger partial charge in [0.1, 0.15) is 11.5 Å². The van der Waals surface area contributed by atoms with Crippen LogP contribution in [0.2, 0.25) is 5.02 Å². The van der Waals surface area contributed by atoms with Gasteiger partial charge in [-0.1, -0.05) is 23.7 Å². The Balaban J connectivity index is 1.61. The number of likely N-dealkylation sites (N-methyl/N-ethyl adjacent to an activating group) is 1. The van der Waals surface area contributed by atoms with Gasteiger partial charge in [-0.25, -0.2) is 0 Å². The molecule has 1 aliphatic heterocycles. The second kappa shape index (κ2) is 7.14. The van der Waals surface area contributed by atoms with Gasteiger partial charge in [-0.05, 0) is 48.4 Å². The maximum absolute atomic E-state index is 12.6. The van der Waals surface area contributed by atoms with E-state index in [2.05, 4.69) is 0 Å². The number of hydrogen-bond acceptors (Lipinski definition) is 3. The highest BCUT2D eigenvalue weighted by molar-refractivity contribution is 6.30. The molecule has 1 heterocycles. The average molecular weight is 346 g/mol. The molecule has 4 nitrogen and oxygen atoms in total. The van der Waals surface area contributed by atoms with E-state index in [1.165, 1.54) is 0 Å². The number of hydrogen-bond donors (Lipinski definition) is 0. The molecule has 126 valence electrons.